The van der Waals surface area contributed by atoms with E-state index in [-0.39, 0.29) is 12.3 Å². The minimum atomic E-state index is -4.36. The maximum Gasteiger partial charge on any atom is 0.267 e. The molecular formula is C39H67NO5S. The van der Waals surface area contributed by atoms with Gasteiger partial charge in [-0.25, -0.2) is 0 Å². The summed E-state index contributed by atoms with van der Waals surface area (Å²) in [6, 6.07) is -1.09. The fourth-order valence-electron chi connectivity index (χ4n) is 4.90. The van der Waals surface area contributed by atoms with Gasteiger partial charge >= 0.3 is 0 Å². The fourth-order valence-corrected chi connectivity index (χ4v) is 5.64. The Kier molecular flexibility index (Phi) is 31.1. The molecule has 0 aromatic rings. The van der Waals surface area contributed by atoms with Crippen molar-refractivity contribution in [1.82, 2.24) is 5.32 Å². The molecule has 0 heterocycles. The smallest absolute Gasteiger partial charge is 0.267 e. The molecule has 6 nitrogen and oxygen atoms in total. The molecule has 0 aromatic heterocycles. The van der Waals surface area contributed by atoms with Crippen LogP contribution in [0.1, 0.15) is 149 Å². The third kappa shape index (κ3) is 33.2. The second kappa shape index (κ2) is 32.7. The minimum absolute atomic E-state index is 0.269. The number of nitrogens with one attached hydrogen (secondary N) is 1. The molecule has 264 valence electrons. The summed E-state index contributed by atoms with van der Waals surface area (Å²) in [6.07, 6.45) is 45.9. The van der Waals surface area contributed by atoms with E-state index in [1.165, 1.54) is 51.0 Å². The molecule has 0 aromatic carbocycles. The van der Waals surface area contributed by atoms with Gasteiger partial charge in [-0.05, 0) is 77.0 Å². The molecule has 0 aliphatic heterocycles. The standard InChI is InChI=1S/C39H67NO5S/c1-3-5-7-9-11-13-15-17-19-20-21-23-25-27-29-31-33-35-39(42)40-37(36-46(43,44)45)38(41)34-32-30-28-26-24-22-18-16-14-12-10-8-6-4-2/h5,7,11,13-14,16-17,19,24,26,32,34,37-38,41H,3-4,6,8-10,12,15,18,20-23,25,27-31,33,35-36H2,1-2H3,(H,40,42)(H,43,44,45)/b7-5-,13-11-,16-14+,19-17-,26-24+,34-32+. The number of unbranched alkanes of at least 4 members (excludes halogenated alkanes) is 13. The van der Waals surface area contributed by atoms with Crippen LogP contribution in [0.3, 0.4) is 0 Å². The van der Waals surface area contributed by atoms with Crippen LogP contribution in [0.25, 0.3) is 0 Å². The number of allylic oxidation sites excluding steroid dienone is 11. The number of carbonyl (C=O) groups excluding carboxylic acids is 1. The summed E-state index contributed by atoms with van der Waals surface area (Å²) in [4.78, 5) is 12.5. The van der Waals surface area contributed by atoms with Crippen LogP contribution in [0.2, 0.25) is 0 Å². The Balaban J connectivity index is 4.09. The molecule has 0 bridgehead atoms. The van der Waals surface area contributed by atoms with Gasteiger partial charge in [0, 0.05) is 6.42 Å². The number of rotatable bonds is 31. The van der Waals surface area contributed by atoms with Gasteiger partial charge in [-0.1, -0.05) is 138 Å². The first kappa shape index (κ1) is 43.8. The van der Waals surface area contributed by atoms with E-state index >= 15 is 0 Å². The molecule has 7 heteroatoms. The van der Waals surface area contributed by atoms with Crippen molar-refractivity contribution >= 4 is 16.0 Å². The molecule has 0 aliphatic carbocycles. The highest BCUT2D eigenvalue weighted by Gasteiger charge is 2.24. The van der Waals surface area contributed by atoms with Crippen LogP contribution in [0.15, 0.2) is 72.9 Å². The molecule has 0 radical (unpaired) electrons. The Bertz CT molecular complexity index is 994. The van der Waals surface area contributed by atoms with Crippen molar-refractivity contribution < 1.29 is 22.9 Å². The van der Waals surface area contributed by atoms with Crippen LogP contribution < -0.4 is 5.32 Å². The van der Waals surface area contributed by atoms with Crippen molar-refractivity contribution in [3.8, 4) is 0 Å². The molecule has 3 N–H and O–H groups in total. The van der Waals surface area contributed by atoms with Gasteiger partial charge in [0.05, 0.1) is 17.9 Å². The summed E-state index contributed by atoms with van der Waals surface area (Å²) in [7, 11) is -4.36. The molecule has 0 spiro atoms. The predicted molar refractivity (Wildman–Crippen MR) is 197 cm³/mol. The lowest BCUT2D eigenvalue weighted by atomic mass is 10.1. The van der Waals surface area contributed by atoms with Gasteiger partial charge in [0.2, 0.25) is 5.91 Å². The summed E-state index contributed by atoms with van der Waals surface area (Å²) in [5.41, 5.74) is 0. The van der Waals surface area contributed by atoms with Crippen LogP contribution in [-0.2, 0) is 14.9 Å². The lowest BCUT2D eigenvalue weighted by Gasteiger charge is -2.21. The SMILES string of the molecule is CC/C=C\C/C=C\C/C=C\CCCCCCCCCC(=O)NC(CS(=O)(=O)O)C(O)/C=C/CC/C=C/CC/C=C/CCCCCC. The van der Waals surface area contributed by atoms with Gasteiger partial charge in [0.1, 0.15) is 0 Å². The quantitative estimate of drug-likeness (QED) is 0.0390. The van der Waals surface area contributed by atoms with Gasteiger partial charge < -0.3 is 10.4 Å². The highest BCUT2D eigenvalue weighted by molar-refractivity contribution is 7.85. The van der Waals surface area contributed by atoms with Crippen LogP contribution in [0, 0.1) is 0 Å². The molecule has 2 unspecified atom stereocenters. The average Bonchev–Trinajstić information content (AvgIpc) is 3.01. The summed E-state index contributed by atoms with van der Waals surface area (Å²) >= 11 is 0. The van der Waals surface area contributed by atoms with Gasteiger partial charge in [-0.2, -0.15) is 8.42 Å². The van der Waals surface area contributed by atoms with Gasteiger partial charge in [0.15, 0.2) is 0 Å². The molecule has 0 rings (SSSR count). The van der Waals surface area contributed by atoms with Crippen molar-refractivity contribution in [3.05, 3.63) is 72.9 Å². The van der Waals surface area contributed by atoms with E-state index in [1.807, 2.05) is 0 Å². The second-order valence-corrected chi connectivity index (χ2v) is 13.6. The van der Waals surface area contributed by atoms with E-state index in [0.29, 0.717) is 12.8 Å². The normalized spacial score (nSPS) is 14.3. The molecule has 0 fully saturated rings. The van der Waals surface area contributed by atoms with Crippen LogP contribution in [0.4, 0.5) is 0 Å². The highest BCUT2D eigenvalue weighted by atomic mass is 32.2. The van der Waals surface area contributed by atoms with Crippen LogP contribution in [0.5, 0.6) is 0 Å². The van der Waals surface area contributed by atoms with Crippen molar-refractivity contribution in [2.45, 2.75) is 161 Å². The van der Waals surface area contributed by atoms with Crippen LogP contribution >= 0.6 is 0 Å². The number of aliphatic hydroxyl groups excluding tert-OH is 1. The molecule has 1 amide bonds. The summed E-state index contributed by atoms with van der Waals surface area (Å²) in [5.74, 6) is -1.03. The largest absolute Gasteiger partial charge is 0.387 e. The van der Waals surface area contributed by atoms with Gasteiger partial charge in [-0.3, -0.25) is 9.35 Å². The van der Waals surface area contributed by atoms with E-state index < -0.39 is 28.0 Å². The number of aliphatic hydroxyl groups is 1. The average molecular weight is 662 g/mol. The zero-order valence-corrected chi connectivity index (χ0v) is 30.0. The van der Waals surface area contributed by atoms with E-state index in [0.717, 1.165) is 70.6 Å². The Morgan fingerprint density at radius 2 is 1.07 bits per heavy atom. The van der Waals surface area contributed by atoms with E-state index in [1.54, 1.807) is 6.08 Å². The van der Waals surface area contributed by atoms with Crippen molar-refractivity contribution in [3.63, 3.8) is 0 Å². The molecule has 0 aliphatic rings. The van der Waals surface area contributed by atoms with Crippen molar-refractivity contribution in [2.24, 2.45) is 0 Å². The topological polar surface area (TPSA) is 104 Å². The Morgan fingerprint density at radius 3 is 1.63 bits per heavy atom. The Hall–Kier alpha value is -2.22. The Labute approximate surface area is 283 Å². The summed E-state index contributed by atoms with van der Waals surface area (Å²) in [6.45, 7) is 4.37. The first-order valence-electron chi connectivity index (χ1n) is 18.1. The summed E-state index contributed by atoms with van der Waals surface area (Å²) < 4.78 is 32.3. The molecule has 0 saturated carbocycles. The number of hydrogen-bond acceptors (Lipinski definition) is 4. The minimum Gasteiger partial charge on any atom is -0.387 e. The Morgan fingerprint density at radius 1 is 0.609 bits per heavy atom. The first-order valence-corrected chi connectivity index (χ1v) is 19.7. The third-order valence-electron chi connectivity index (χ3n) is 7.59. The fraction of sp³-hybridized carbons (Fsp3) is 0.667. The van der Waals surface area contributed by atoms with Crippen LogP contribution in [-0.4, -0.2) is 41.9 Å². The van der Waals surface area contributed by atoms with Gasteiger partial charge in [-0.15, -0.1) is 0 Å². The zero-order chi connectivity index (χ0) is 34.0. The van der Waals surface area contributed by atoms with Crippen molar-refractivity contribution in [2.75, 3.05) is 5.75 Å². The predicted octanol–water partition coefficient (Wildman–Crippen LogP) is 10.3. The monoisotopic (exact) mass is 661 g/mol. The summed E-state index contributed by atoms with van der Waals surface area (Å²) in [5, 5.41) is 13.1. The lowest BCUT2D eigenvalue weighted by molar-refractivity contribution is -0.122. The number of hydrogen-bond donors (Lipinski definition) is 3. The van der Waals surface area contributed by atoms with Gasteiger partial charge in [0.25, 0.3) is 10.1 Å². The highest BCUT2D eigenvalue weighted by Crippen LogP contribution is 2.11. The zero-order valence-electron chi connectivity index (χ0n) is 29.2. The van der Waals surface area contributed by atoms with E-state index in [4.69, 9.17) is 0 Å². The number of carbonyl (C=O) groups is 1. The molecule has 2 atom stereocenters. The van der Waals surface area contributed by atoms with E-state index in [2.05, 4.69) is 79.9 Å². The molecular weight excluding hydrogens is 594 g/mol. The first-order chi connectivity index (χ1) is 22.3. The second-order valence-electron chi connectivity index (χ2n) is 12.1. The molecule has 46 heavy (non-hydrogen) atoms. The van der Waals surface area contributed by atoms with Crippen molar-refractivity contribution in [1.29, 1.82) is 0 Å². The number of amides is 1. The maximum absolute atomic E-state index is 12.5. The molecule has 0 saturated heterocycles. The third-order valence-corrected chi connectivity index (χ3v) is 8.37. The maximum atomic E-state index is 12.5. The lowest BCUT2D eigenvalue weighted by Crippen LogP contribution is -2.46. The van der Waals surface area contributed by atoms with E-state index in [9.17, 15) is 22.9 Å².